The Balaban J connectivity index is 2.55. The lowest BCUT2D eigenvalue weighted by Crippen LogP contribution is -2.21. The smallest absolute Gasteiger partial charge is 0.144 e. The highest BCUT2D eigenvalue weighted by Gasteiger charge is 2.06. The number of hydrogen-bond donors (Lipinski definition) is 1. The maximum Gasteiger partial charge on any atom is 0.144 e. The Kier molecular flexibility index (Phi) is 5.16. The molecule has 4 heteroatoms. The Morgan fingerprint density at radius 3 is 2.69 bits per heavy atom. The zero-order valence-electron chi connectivity index (χ0n) is 9.27. The van der Waals surface area contributed by atoms with E-state index in [4.69, 9.17) is 17.3 Å². The number of alkyl halides is 1. The average Bonchev–Trinajstić information content (AvgIpc) is 2.25. The van der Waals surface area contributed by atoms with Crippen molar-refractivity contribution in [1.82, 2.24) is 0 Å². The van der Waals surface area contributed by atoms with Crippen LogP contribution in [0.4, 0.5) is 8.78 Å². The van der Waals surface area contributed by atoms with Gasteiger partial charge in [0, 0.05) is 6.04 Å². The summed E-state index contributed by atoms with van der Waals surface area (Å²) >= 11 is 5.73. The van der Waals surface area contributed by atoms with Gasteiger partial charge in [-0.15, -0.1) is 0 Å². The van der Waals surface area contributed by atoms with Gasteiger partial charge in [-0.05, 0) is 43.4 Å². The van der Waals surface area contributed by atoms with Gasteiger partial charge in [0.05, 0.1) is 5.02 Å². The molecule has 1 rings (SSSR count). The zero-order chi connectivity index (χ0) is 12.1. The second-order valence-electron chi connectivity index (χ2n) is 4.02. The molecule has 2 N–H and O–H groups in total. The normalized spacial score (nSPS) is 12.8. The van der Waals surface area contributed by atoms with E-state index >= 15 is 0 Å². The Morgan fingerprint density at radius 2 is 2.12 bits per heavy atom. The lowest BCUT2D eigenvalue weighted by atomic mass is 10.0. The zero-order valence-corrected chi connectivity index (χ0v) is 10.0. The molecule has 0 aliphatic heterocycles. The van der Waals surface area contributed by atoms with Crippen molar-refractivity contribution in [2.24, 2.45) is 5.73 Å². The average molecular weight is 248 g/mol. The minimum Gasteiger partial charge on any atom is -0.325 e. The highest BCUT2D eigenvalue weighted by Crippen LogP contribution is 2.21. The summed E-state index contributed by atoms with van der Waals surface area (Å²) in [7, 11) is 0. The first-order chi connectivity index (χ1) is 7.54. The second kappa shape index (κ2) is 6.16. The van der Waals surface area contributed by atoms with Gasteiger partial charge in [0.25, 0.3) is 0 Å². The van der Waals surface area contributed by atoms with E-state index in [1.54, 1.807) is 19.1 Å². The van der Waals surface area contributed by atoms with Gasteiger partial charge in [-0.25, -0.2) is 8.78 Å². The van der Waals surface area contributed by atoms with Crippen molar-refractivity contribution in [2.75, 3.05) is 6.67 Å². The number of aryl methyl sites for hydroxylation is 2. The largest absolute Gasteiger partial charge is 0.325 e. The number of nitrogens with two attached hydrogens (primary N) is 1. The van der Waals surface area contributed by atoms with Crippen LogP contribution in [0, 0.1) is 12.7 Å². The van der Waals surface area contributed by atoms with Crippen LogP contribution in [0.1, 0.15) is 24.0 Å². The topological polar surface area (TPSA) is 26.0 Å². The van der Waals surface area contributed by atoms with E-state index in [1.807, 2.05) is 0 Å². The molecule has 0 heterocycles. The molecule has 1 aromatic carbocycles. The van der Waals surface area contributed by atoms with Crippen molar-refractivity contribution in [1.29, 1.82) is 0 Å². The van der Waals surface area contributed by atoms with E-state index < -0.39 is 12.7 Å². The molecule has 0 spiro atoms. The highest BCUT2D eigenvalue weighted by atomic mass is 35.5. The molecule has 16 heavy (non-hydrogen) atoms. The van der Waals surface area contributed by atoms with Crippen molar-refractivity contribution in [3.63, 3.8) is 0 Å². The molecular formula is C12H16ClF2N. The number of hydrogen-bond acceptors (Lipinski definition) is 1. The van der Waals surface area contributed by atoms with Crippen LogP contribution in [0.25, 0.3) is 0 Å². The highest BCUT2D eigenvalue weighted by molar-refractivity contribution is 6.30. The van der Waals surface area contributed by atoms with Crippen LogP contribution in [0.3, 0.4) is 0 Å². The molecule has 0 amide bonds. The molecule has 1 atom stereocenters. The maximum absolute atomic E-state index is 13.2. The van der Waals surface area contributed by atoms with Crippen LogP contribution in [0.5, 0.6) is 0 Å². The van der Waals surface area contributed by atoms with Crippen molar-refractivity contribution in [3.8, 4) is 0 Å². The summed E-state index contributed by atoms with van der Waals surface area (Å²) < 4.78 is 25.3. The van der Waals surface area contributed by atoms with E-state index in [0.717, 1.165) is 18.4 Å². The van der Waals surface area contributed by atoms with Crippen LogP contribution < -0.4 is 5.73 Å². The number of halogens is 3. The van der Waals surface area contributed by atoms with E-state index in [2.05, 4.69) is 0 Å². The predicted octanol–water partition coefficient (Wildman–Crippen LogP) is 3.41. The molecular weight excluding hydrogens is 232 g/mol. The summed E-state index contributed by atoms with van der Waals surface area (Å²) in [6, 6.07) is 2.99. The number of rotatable bonds is 5. The standard InChI is InChI=1S/C12H16ClF2N/c1-8-5-9(6-11(13)12(8)15)3-2-4-10(16)7-14/h5-6,10H,2-4,7,16H2,1H3. The Labute approximate surface area is 99.6 Å². The fourth-order valence-corrected chi connectivity index (χ4v) is 1.88. The number of benzene rings is 1. The van der Waals surface area contributed by atoms with E-state index in [-0.39, 0.29) is 10.8 Å². The third-order valence-electron chi connectivity index (χ3n) is 2.51. The van der Waals surface area contributed by atoms with Crippen molar-refractivity contribution in [2.45, 2.75) is 32.2 Å². The van der Waals surface area contributed by atoms with Crippen molar-refractivity contribution in [3.05, 3.63) is 34.1 Å². The lowest BCUT2D eigenvalue weighted by Gasteiger charge is -2.08. The Hall–Kier alpha value is -0.670. The van der Waals surface area contributed by atoms with E-state index in [1.165, 1.54) is 0 Å². The van der Waals surface area contributed by atoms with Gasteiger partial charge in [0.15, 0.2) is 0 Å². The first kappa shape index (κ1) is 13.4. The van der Waals surface area contributed by atoms with Gasteiger partial charge in [-0.2, -0.15) is 0 Å². The summed E-state index contributed by atoms with van der Waals surface area (Å²) in [5.41, 5.74) is 6.97. The SMILES string of the molecule is Cc1cc(CCCC(N)CF)cc(Cl)c1F. The minimum absolute atomic E-state index is 0.143. The summed E-state index contributed by atoms with van der Waals surface area (Å²) in [4.78, 5) is 0. The van der Waals surface area contributed by atoms with Crippen molar-refractivity contribution < 1.29 is 8.78 Å². The molecule has 0 fully saturated rings. The minimum atomic E-state index is -0.497. The summed E-state index contributed by atoms with van der Waals surface area (Å²) in [5.74, 6) is -0.370. The monoisotopic (exact) mass is 247 g/mol. The fraction of sp³-hybridized carbons (Fsp3) is 0.500. The molecule has 1 nitrogen and oxygen atoms in total. The molecule has 90 valence electrons. The summed E-state index contributed by atoms with van der Waals surface area (Å²) in [6.07, 6.45) is 2.16. The first-order valence-electron chi connectivity index (χ1n) is 5.30. The Morgan fingerprint density at radius 1 is 1.44 bits per heavy atom. The van der Waals surface area contributed by atoms with Crippen LogP contribution >= 0.6 is 11.6 Å². The van der Waals surface area contributed by atoms with Crippen LogP contribution in [0.2, 0.25) is 5.02 Å². The molecule has 1 unspecified atom stereocenters. The van der Waals surface area contributed by atoms with E-state index in [0.29, 0.717) is 12.0 Å². The third-order valence-corrected chi connectivity index (χ3v) is 2.78. The predicted molar refractivity (Wildman–Crippen MR) is 63.0 cm³/mol. The van der Waals surface area contributed by atoms with Gasteiger partial charge >= 0.3 is 0 Å². The second-order valence-corrected chi connectivity index (χ2v) is 4.42. The van der Waals surface area contributed by atoms with Gasteiger partial charge in [0.2, 0.25) is 0 Å². The van der Waals surface area contributed by atoms with Crippen LogP contribution in [0.15, 0.2) is 12.1 Å². The van der Waals surface area contributed by atoms with Gasteiger partial charge in [-0.1, -0.05) is 17.7 Å². The summed E-state index contributed by atoms with van der Waals surface area (Å²) in [5, 5.41) is 0.143. The quantitative estimate of drug-likeness (QED) is 0.848. The van der Waals surface area contributed by atoms with Gasteiger partial charge < -0.3 is 5.73 Å². The molecule has 0 radical (unpaired) electrons. The molecule has 0 aliphatic rings. The lowest BCUT2D eigenvalue weighted by molar-refractivity contribution is 0.407. The third kappa shape index (κ3) is 3.72. The molecule has 0 saturated carbocycles. The first-order valence-corrected chi connectivity index (χ1v) is 5.68. The molecule has 0 saturated heterocycles. The van der Waals surface area contributed by atoms with Crippen LogP contribution in [-0.4, -0.2) is 12.7 Å². The van der Waals surface area contributed by atoms with Gasteiger partial charge in [-0.3, -0.25) is 0 Å². The van der Waals surface area contributed by atoms with Crippen LogP contribution in [-0.2, 0) is 6.42 Å². The fourth-order valence-electron chi connectivity index (χ4n) is 1.59. The summed E-state index contributed by atoms with van der Waals surface area (Å²) in [6.45, 7) is 1.18. The molecule has 1 aromatic rings. The van der Waals surface area contributed by atoms with Crippen molar-refractivity contribution >= 4 is 11.6 Å². The maximum atomic E-state index is 13.2. The molecule has 0 aromatic heterocycles. The van der Waals surface area contributed by atoms with E-state index in [9.17, 15) is 8.78 Å². The molecule has 0 bridgehead atoms. The van der Waals surface area contributed by atoms with Gasteiger partial charge in [0.1, 0.15) is 12.5 Å². The molecule has 0 aliphatic carbocycles. The Bertz CT molecular complexity index is 332.